The van der Waals surface area contributed by atoms with E-state index in [4.69, 9.17) is 4.74 Å². The highest BCUT2D eigenvalue weighted by atomic mass is 19.1. The molecule has 0 bridgehead atoms. The second-order valence-electron chi connectivity index (χ2n) is 9.35. The summed E-state index contributed by atoms with van der Waals surface area (Å²) in [6, 6.07) is 6.05. The first-order valence-corrected chi connectivity index (χ1v) is 11.9. The molecule has 2 aliphatic heterocycles. The number of ether oxygens (including phenoxy) is 1. The number of anilines is 1. The van der Waals surface area contributed by atoms with Crippen molar-refractivity contribution in [2.45, 2.75) is 30.6 Å². The summed E-state index contributed by atoms with van der Waals surface area (Å²) < 4.78 is 22.3. The van der Waals surface area contributed by atoms with Gasteiger partial charge in [-0.25, -0.2) is 24.0 Å². The molecular formula is C23H25FN10O4. The maximum Gasteiger partial charge on any atom is 0.251 e. The van der Waals surface area contributed by atoms with Gasteiger partial charge in [-0.2, -0.15) is 0 Å². The molecule has 4 N–H and O–H groups in total. The van der Waals surface area contributed by atoms with E-state index in [1.807, 2.05) is 7.05 Å². The fourth-order valence-corrected chi connectivity index (χ4v) is 4.66. The Balaban J connectivity index is 1.42. The minimum absolute atomic E-state index is 0.131. The topological polar surface area (TPSA) is 168 Å². The lowest BCUT2D eigenvalue weighted by Crippen LogP contribution is -2.52. The van der Waals surface area contributed by atoms with Crippen molar-refractivity contribution in [3.8, 4) is 17.2 Å². The fourth-order valence-electron chi connectivity index (χ4n) is 4.66. The Kier molecular flexibility index (Phi) is 5.98. The molecule has 0 radical (unpaired) electrons. The molecule has 198 valence electrons. The van der Waals surface area contributed by atoms with Gasteiger partial charge in [-0.05, 0) is 25.2 Å². The van der Waals surface area contributed by atoms with Crippen molar-refractivity contribution in [2.24, 2.45) is 0 Å². The lowest BCUT2D eigenvalue weighted by Gasteiger charge is -2.36. The van der Waals surface area contributed by atoms with Gasteiger partial charge in [0, 0.05) is 20.1 Å². The largest absolute Gasteiger partial charge is 0.387 e. The van der Waals surface area contributed by atoms with Crippen LogP contribution < -0.4 is 10.6 Å². The van der Waals surface area contributed by atoms with Crippen LogP contribution in [0.5, 0.6) is 0 Å². The number of imidazole rings is 1. The molecule has 1 unspecified atom stereocenters. The van der Waals surface area contributed by atoms with E-state index in [-0.39, 0.29) is 11.9 Å². The number of halogens is 1. The van der Waals surface area contributed by atoms with E-state index < -0.39 is 36.3 Å². The summed E-state index contributed by atoms with van der Waals surface area (Å²) in [6.07, 6.45) is -2.29. The van der Waals surface area contributed by atoms with Crippen LogP contribution in [0.2, 0.25) is 0 Å². The Morgan fingerprint density at radius 3 is 2.76 bits per heavy atom. The third kappa shape index (κ3) is 4.14. The Labute approximate surface area is 215 Å². The summed E-state index contributed by atoms with van der Waals surface area (Å²) in [5.41, 5.74) is 1.49. The minimum atomic E-state index is -1.45. The number of aliphatic hydroxyl groups is 2. The lowest BCUT2D eigenvalue weighted by molar-refractivity contribution is -0.137. The highest BCUT2D eigenvalue weighted by molar-refractivity contribution is 5.85. The average molecular weight is 525 g/mol. The van der Waals surface area contributed by atoms with Crippen LogP contribution in [-0.4, -0.2) is 107 Å². The van der Waals surface area contributed by atoms with Crippen LogP contribution in [0.4, 0.5) is 10.2 Å². The molecule has 4 aromatic rings. The molecule has 0 aliphatic carbocycles. The Bertz CT molecular complexity index is 1500. The predicted molar refractivity (Wildman–Crippen MR) is 131 cm³/mol. The maximum atomic E-state index is 13.7. The van der Waals surface area contributed by atoms with E-state index in [1.54, 1.807) is 18.3 Å². The highest BCUT2D eigenvalue weighted by Crippen LogP contribution is 2.34. The van der Waals surface area contributed by atoms with Gasteiger partial charge in [0.25, 0.3) is 5.91 Å². The highest BCUT2D eigenvalue weighted by Gasteiger charge is 2.47. The van der Waals surface area contributed by atoms with E-state index in [2.05, 4.69) is 40.8 Å². The van der Waals surface area contributed by atoms with Gasteiger partial charge in [0.05, 0.1) is 24.3 Å². The molecular weight excluding hydrogens is 499 g/mol. The second-order valence-corrected chi connectivity index (χ2v) is 9.35. The SMILES string of the molecule is CNC(=O)[C@H]1OC(n2cnc3c(NC4CN(C)C4)nc(-c4cn(-c5cccc(F)c5)nn4)nc32)[C@H](O)[C@@H]1O. The molecule has 1 amide bonds. The molecule has 1 aromatic carbocycles. The number of amides is 1. The zero-order valence-corrected chi connectivity index (χ0v) is 20.4. The number of carbonyl (C=O) groups is 1. The van der Waals surface area contributed by atoms with Crippen molar-refractivity contribution >= 4 is 22.9 Å². The summed E-state index contributed by atoms with van der Waals surface area (Å²) in [7, 11) is 3.42. The van der Waals surface area contributed by atoms with Crippen LogP contribution in [0, 0.1) is 5.82 Å². The molecule has 2 aliphatic rings. The van der Waals surface area contributed by atoms with Gasteiger partial charge in [-0.1, -0.05) is 11.3 Å². The van der Waals surface area contributed by atoms with Crippen LogP contribution >= 0.6 is 0 Å². The van der Waals surface area contributed by atoms with Crippen LogP contribution in [0.25, 0.3) is 28.4 Å². The van der Waals surface area contributed by atoms with Crippen molar-refractivity contribution in [3.63, 3.8) is 0 Å². The van der Waals surface area contributed by atoms with Gasteiger partial charge in [0.1, 0.15) is 18.0 Å². The summed E-state index contributed by atoms with van der Waals surface area (Å²) in [6.45, 7) is 1.61. The number of rotatable bonds is 6. The number of carbonyl (C=O) groups excluding carboxylic acids is 1. The fraction of sp³-hybridized carbons (Fsp3) is 0.391. The van der Waals surface area contributed by atoms with Crippen molar-refractivity contribution in [1.82, 2.24) is 44.7 Å². The van der Waals surface area contributed by atoms with E-state index in [9.17, 15) is 19.4 Å². The average Bonchev–Trinajstić information content (AvgIpc) is 3.61. The third-order valence-corrected chi connectivity index (χ3v) is 6.64. The molecule has 0 spiro atoms. The number of hydrogen-bond donors (Lipinski definition) is 4. The number of likely N-dealkylation sites (tertiary alicyclic amines) is 1. The van der Waals surface area contributed by atoms with Crippen molar-refractivity contribution < 1.29 is 24.1 Å². The molecule has 0 saturated carbocycles. The number of likely N-dealkylation sites (N-methyl/N-ethyl adjacent to an activating group) is 2. The molecule has 38 heavy (non-hydrogen) atoms. The van der Waals surface area contributed by atoms with Crippen LogP contribution in [-0.2, 0) is 9.53 Å². The van der Waals surface area contributed by atoms with Gasteiger partial charge in [0.2, 0.25) is 0 Å². The molecule has 6 rings (SSSR count). The quantitative estimate of drug-likeness (QED) is 0.252. The molecule has 15 heteroatoms. The van der Waals surface area contributed by atoms with E-state index >= 15 is 0 Å². The van der Waals surface area contributed by atoms with Crippen LogP contribution in [0.3, 0.4) is 0 Å². The molecule has 5 heterocycles. The number of hydrogen-bond acceptors (Lipinski definition) is 11. The summed E-state index contributed by atoms with van der Waals surface area (Å²) in [5.74, 6) is -0.333. The van der Waals surface area contributed by atoms with Crippen molar-refractivity contribution in [1.29, 1.82) is 0 Å². The second kappa shape index (κ2) is 9.36. The molecule has 2 fully saturated rings. The Morgan fingerprint density at radius 1 is 1.21 bits per heavy atom. The Morgan fingerprint density at radius 2 is 2.03 bits per heavy atom. The van der Waals surface area contributed by atoms with Gasteiger partial charge in [-0.3, -0.25) is 9.36 Å². The van der Waals surface area contributed by atoms with Gasteiger partial charge < -0.3 is 30.5 Å². The smallest absolute Gasteiger partial charge is 0.251 e. The van der Waals surface area contributed by atoms with Gasteiger partial charge >= 0.3 is 0 Å². The first kappa shape index (κ1) is 24.3. The first-order valence-electron chi connectivity index (χ1n) is 11.9. The minimum Gasteiger partial charge on any atom is -0.387 e. The van der Waals surface area contributed by atoms with E-state index in [0.29, 0.717) is 28.4 Å². The zero-order valence-electron chi connectivity index (χ0n) is 20.4. The normalized spacial score (nSPS) is 24.0. The molecule has 4 atom stereocenters. The van der Waals surface area contributed by atoms with Gasteiger partial charge in [-0.15, -0.1) is 5.10 Å². The van der Waals surface area contributed by atoms with E-state index in [1.165, 1.54) is 34.8 Å². The van der Waals surface area contributed by atoms with E-state index in [0.717, 1.165) is 13.1 Å². The lowest BCUT2D eigenvalue weighted by atomic mass is 10.1. The van der Waals surface area contributed by atoms with Crippen LogP contribution in [0.1, 0.15) is 6.23 Å². The summed E-state index contributed by atoms with van der Waals surface area (Å²) in [4.78, 5) is 28.0. The Hall–Kier alpha value is -4.05. The number of nitrogens with zero attached hydrogens (tertiary/aromatic N) is 8. The first-order chi connectivity index (χ1) is 18.3. The molecule has 14 nitrogen and oxygen atoms in total. The monoisotopic (exact) mass is 524 g/mol. The number of fused-ring (bicyclic) bond motifs is 1. The predicted octanol–water partition coefficient (Wildman–Crippen LogP) is -0.696. The van der Waals surface area contributed by atoms with Crippen LogP contribution in [0.15, 0.2) is 36.8 Å². The van der Waals surface area contributed by atoms with Gasteiger partial charge in [0.15, 0.2) is 40.8 Å². The standard InChI is InChI=1S/C23H25FN10O4/c1-25-22(37)18-16(35)17(36)23(38-18)33-10-26-15-20(27-12-7-32(2)8-12)28-19(29-21(15)33)14-9-34(31-30-14)13-5-3-4-11(24)6-13/h3-6,9-10,12,16-18,23,35-36H,7-8H2,1-2H3,(H,25,37)(H,27,28,29)/t16-,17+,18-,23?/m0/s1. The number of aliphatic hydroxyl groups excluding tert-OH is 2. The number of benzene rings is 1. The molecule has 2 saturated heterocycles. The maximum absolute atomic E-state index is 13.7. The summed E-state index contributed by atoms with van der Waals surface area (Å²) in [5, 5.41) is 35.2. The number of nitrogens with one attached hydrogen (secondary N) is 2. The van der Waals surface area contributed by atoms with Crippen molar-refractivity contribution in [3.05, 3.63) is 42.6 Å². The zero-order chi connectivity index (χ0) is 26.6. The number of aromatic nitrogens is 7. The summed E-state index contributed by atoms with van der Waals surface area (Å²) >= 11 is 0. The van der Waals surface area contributed by atoms with Crippen molar-refractivity contribution in [2.75, 3.05) is 32.5 Å². The third-order valence-electron chi connectivity index (χ3n) is 6.64. The molecule has 3 aromatic heterocycles.